The third-order valence-electron chi connectivity index (χ3n) is 6.40. The van der Waals surface area contributed by atoms with Crippen molar-refractivity contribution in [3.63, 3.8) is 0 Å². The van der Waals surface area contributed by atoms with Crippen molar-refractivity contribution in [2.24, 2.45) is 0 Å². The summed E-state index contributed by atoms with van der Waals surface area (Å²) in [5.74, 6) is -0.359. The molecule has 4 rings (SSSR count). The van der Waals surface area contributed by atoms with E-state index in [1.54, 1.807) is 37.4 Å². The van der Waals surface area contributed by atoms with Gasteiger partial charge in [0.2, 0.25) is 5.91 Å². The van der Waals surface area contributed by atoms with Crippen molar-refractivity contribution in [2.75, 3.05) is 18.0 Å². The molecule has 2 aromatic carbocycles. The average Bonchev–Trinajstić information content (AvgIpc) is 2.84. The highest BCUT2D eigenvalue weighted by atomic mass is 35.5. The lowest BCUT2D eigenvalue weighted by Gasteiger charge is -2.31. The lowest BCUT2D eigenvalue weighted by atomic mass is 9.93. The van der Waals surface area contributed by atoms with E-state index in [0.717, 1.165) is 35.6 Å². The summed E-state index contributed by atoms with van der Waals surface area (Å²) in [4.78, 5) is 32.1. The maximum Gasteiger partial charge on any atom is 0.274 e. The van der Waals surface area contributed by atoms with Crippen LogP contribution >= 0.6 is 11.6 Å². The summed E-state index contributed by atoms with van der Waals surface area (Å²) < 4.78 is 0. The van der Waals surface area contributed by atoms with Crippen molar-refractivity contribution < 1.29 is 9.59 Å². The van der Waals surface area contributed by atoms with Gasteiger partial charge in [-0.25, -0.2) is 4.98 Å². The molecule has 1 heterocycles. The first-order valence-corrected chi connectivity index (χ1v) is 12.5. The number of fused-ring (bicyclic) bond motifs is 1. The van der Waals surface area contributed by atoms with Gasteiger partial charge in [-0.1, -0.05) is 42.4 Å². The van der Waals surface area contributed by atoms with E-state index in [4.69, 9.17) is 23.1 Å². The molecule has 0 unspecified atom stereocenters. The van der Waals surface area contributed by atoms with E-state index in [1.165, 1.54) is 4.90 Å². The van der Waals surface area contributed by atoms with Crippen molar-refractivity contribution in [2.45, 2.75) is 38.8 Å². The molecule has 192 valence electrons. The summed E-state index contributed by atoms with van der Waals surface area (Å²) in [5.41, 5.74) is 14.6. The van der Waals surface area contributed by atoms with Crippen LogP contribution in [0.25, 0.3) is 16.5 Å². The highest BCUT2D eigenvalue weighted by Crippen LogP contribution is 2.28. The van der Waals surface area contributed by atoms with E-state index in [-0.39, 0.29) is 30.7 Å². The Morgan fingerprint density at radius 1 is 1.16 bits per heavy atom. The van der Waals surface area contributed by atoms with Gasteiger partial charge >= 0.3 is 0 Å². The summed E-state index contributed by atoms with van der Waals surface area (Å²) in [6.07, 6.45) is 4.72. The number of rotatable bonds is 9. The molecule has 1 aromatic heterocycles. The number of carbonyl (C=O) groups is 2. The van der Waals surface area contributed by atoms with E-state index in [1.807, 2.05) is 24.3 Å². The molecule has 0 saturated heterocycles. The van der Waals surface area contributed by atoms with Crippen LogP contribution in [0.15, 0.2) is 72.0 Å². The zero-order valence-electron chi connectivity index (χ0n) is 20.8. The maximum atomic E-state index is 13.6. The second kappa shape index (κ2) is 11.3. The van der Waals surface area contributed by atoms with E-state index in [2.05, 4.69) is 22.2 Å². The fraction of sp³-hybridized carbons (Fsp3) is 0.250. The van der Waals surface area contributed by atoms with Crippen molar-refractivity contribution in [1.82, 2.24) is 20.5 Å². The maximum absolute atomic E-state index is 13.6. The van der Waals surface area contributed by atoms with Gasteiger partial charge in [0.1, 0.15) is 12.4 Å². The van der Waals surface area contributed by atoms with Crippen molar-refractivity contribution in [3.8, 4) is 0 Å². The standard InChI is InChI=1S/C28H31ClN6O2/c1-17(29)26(21-5-3-6-22(30)14-21)35(28(37)18(2)34-23-7-4-8-23)16-25(36)33-15-19-9-10-20-11-12-32-27(31)24(20)13-19/h3,5-6,9-14,23,34H,2,4,7-8,15-16,30H2,1H3,(H2,31,32)(H,33,36)/b26-17+. The smallest absolute Gasteiger partial charge is 0.274 e. The third kappa shape index (κ3) is 6.21. The Morgan fingerprint density at radius 3 is 2.62 bits per heavy atom. The zero-order chi connectivity index (χ0) is 26.5. The first kappa shape index (κ1) is 26.0. The monoisotopic (exact) mass is 518 g/mol. The molecule has 1 aliphatic rings. The Hall–Kier alpha value is -4.04. The minimum absolute atomic E-state index is 0.207. The summed E-state index contributed by atoms with van der Waals surface area (Å²) in [7, 11) is 0. The van der Waals surface area contributed by atoms with Gasteiger partial charge in [0, 0.05) is 40.5 Å². The van der Waals surface area contributed by atoms with Crippen LogP contribution < -0.4 is 22.1 Å². The Labute approximate surface area is 221 Å². The van der Waals surface area contributed by atoms with E-state index in [9.17, 15) is 9.59 Å². The van der Waals surface area contributed by atoms with Gasteiger partial charge in [-0.15, -0.1) is 0 Å². The molecule has 9 heteroatoms. The second-order valence-electron chi connectivity index (χ2n) is 9.18. The number of allylic oxidation sites excluding steroid dienone is 1. The molecular formula is C28H31ClN6O2. The highest BCUT2D eigenvalue weighted by Gasteiger charge is 2.28. The molecule has 0 atom stereocenters. The van der Waals surface area contributed by atoms with Gasteiger partial charge < -0.3 is 22.1 Å². The van der Waals surface area contributed by atoms with Gasteiger partial charge in [0.15, 0.2) is 0 Å². The number of hydrogen-bond acceptors (Lipinski definition) is 6. The number of nitrogens with one attached hydrogen (secondary N) is 2. The SMILES string of the molecule is C=C(NC1CCC1)C(=O)N(CC(=O)NCc1ccc2ccnc(N)c2c1)/C(=C(\C)Cl)c1cccc(N)c1. The summed E-state index contributed by atoms with van der Waals surface area (Å²) in [5, 5.41) is 8.20. The fourth-order valence-electron chi connectivity index (χ4n) is 4.25. The number of nitrogens with two attached hydrogens (primary N) is 2. The molecule has 0 spiro atoms. The molecule has 6 N–H and O–H groups in total. The number of anilines is 2. The lowest BCUT2D eigenvalue weighted by molar-refractivity contribution is -0.130. The Morgan fingerprint density at radius 2 is 1.95 bits per heavy atom. The van der Waals surface area contributed by atoms with Gasteiger partial charge in [-0.05, 0) is 61.4 Å². The molecule has 2 amide bonds. The van der Waals surface area contributed by atoms with Gasteiger partial charge in [-0.2, -0.15) is 0 Å². The molecule has 0 aliphatic heterocycles. The van der Waals surface area contributed by atoms with Crippen LogP contribution in [0.5, 0.6) is 0 Å². The molecule has 1 aliphatic carbocycles. The van der Waals surface area contributed by atoms with Crippen LogP contribution in [0.2, 0.25) is 0 Å². The molecule has 3 aromatic rings. The molecule has 1 saturated carbocycles. The highest BCUT2D eigenvalue weighted by molar-refractivity contribution is 6.32. The molecule has 0 bridgehead atoms. The zero-order valence-corrected chi connectivity index (χ0v) is 21.5. The minimum atomic E-state index is -0.427. The first-order chi connectivity index (χ1) is 17.7. The van der Waals surface area contributed by atoms with E-state index < -0.39 is 5.91 Å². The lowest BCUT2D eigenvalue weighted by Crippen LogP contribution is -2.44. The van der Waals surface area contributed by atoms with Crippen molar-refractivity contribution in [3.05, 3.63) is 83.2 Å². The number of benzene rings is 2. The van der Waals surface area contributed by atoms with Crippen LogP contribution in [0.3, 0.4) is 0 Å². The average molecular weight is 519 g/mol. The fourth-order valence-corrected chi connectivity index (χ4v) is 4.46. The molecule has 1 fully saturated rings. The summed E-state index contributed by atoms with van der Waals surface area (Å²) >= 11 is 6.49. The van der Waals surface area contributed by atoms with Crippen LogP contribution in [0, 0.1) is 0 Å². The largest absolute Gasteiger partial charge is 0.399 e. The third-order valence-corrected chi connectivity index (χ3v) is 6.57. The Bertz CT molecular complexity index is 1380. The van der Waals surface area contributed by atoms with Crippen molar-refractivity contribution >= 4 is 51.4 Å². The quantitative estimate of drug-likeness (QED) is 0.249. The summed E-state index contributed by atoms with van der Waals surface area (Å²) in [6.45, 7) is 5.62. The van der Waals surface area contributed by atoms with E-state index in [0.29, 0.717) is 27.8 Å². The van der Waals surface area contributed by atoms with Crippen LogP contribution in [-0.4, -0.2) is 34.3 Å². The predicted molar refractivity (Wildman–Crippen MR) is 149 cm³/mol. The molecular weight excluding hydrogens is 488 g/mol. The van der Waals surface area contributed by atoms with E-state index >= 15 is 0 Å². The van der Waals surface area contributed by atoms with Crippen LogP contribution in [-0.2, 0) is 16.1 Å². The summed E-state index contributed by atoms with van der Waals surface area (Å²) in [6, 6.07) is 14.8. The van der Waals surface area contributed by atoms with Crippen molar-refractivity contribution in [1.29, 1.82) is 0 Å². The number of carbonyl (C=O) groups excluding carboxylic acids is 2. The first-order valence-electron chi connectivity index (χ1n) is 12.1. The number of pyridine rings is 1. The Balaban J connectivity index is 1.55. The number of hydrogen-bond donors (Lipinski definition) is 4. The van der Waals surface area contributed by atoms with Gasteiger partial charge in [0.25, 0.3) is 5.91 Å². The molecule has 8 nitrogen and oxygen atoms in total. The number of nitrogens with zero attached hydrogens (tertiary/aromatic N) is 2. The second-order valence-corrected chi connectivity index (χ2v) is 9.74. The van der Waals surface area contributed by atoms with Gasteiger partial charge in [-0.3, -0.25) is 14.5 Å². The predicted octanol–water partition coefficient (Wildman–Crippen LogP) is 4.13. The molecule has 37 heavy (non-hydrogen) atoms. The number of amides is 2. The normalized spacial score (nSPS) is 13.9. The molecule has 0 radical (unpaired) electrons. The number of nitrogen functional groups attached to an aromatic ring is 2. The van der Waals surface area contributed by atoms with Gasteiger partial charge in [0.05, 0.1) is 11.4 Å². The minimum Gasteiger partial charge on any atom is -0.399 e. The van der Waals surface area contributed by atoms with Crippen LogP contribution in [0.4, 0.5) is 11.5 Å². The Kier molecular flexibility index (Phi) is 7.98. The number of aromatic nitrogens is 1. The topological polar surface area (TPSA) is 126 Å². The van der Waals surface area contributed by atoms with Crippen LogP contribution in [0.1, 0.15) is 37.3 Å². The number of halogens is 1.